The summed E-state index contributed by atoms with van der Waals surface area (Å²) in [5.74, 6) is 0. The fourth-order valence-electron chi connectivity index (χ4n) is 2.81. The maximum atomic E-state index is 12.0. The first-order valence-electron chi connectivity index (χ1n) is 7.48. The molecule has 0 radical (unpaired) electrons. The Kier molecular flexibility index (Phi) is 3.16. The molecule has 2 aromatic heterocycles. The molecule has 0 fully saturated rings. The quantitative estimate of drug-likeness (QED) is 0.595. The number of fused-ring (bicyclic) bond motifs is 1. The number of H-pyrrole nitrogens is 2. The molecule has 6 heteroatoms. The lowest BCUT2D eigenvalue weighted by atomic mass is 10.1. The molecule has 0 saturated carbocycles. The van der Waals surface area contributed by atoms with Gasteiger partial charge in [0.05, 0.1) is 22.3 Å². The second-order valence-electron chi connectivity index (χ2n) is 5.57. The number of hydrogen-bond donors (Lipinski definition) is 2. The van der Waals surface area contributed by atoms with Crippen LogP contribution in [0.2, 0.25) is 0 Å². The smallest absolute Gasteiger partial charge is 0.307 e. The Labute approximate surface area is 136 Å². The second-order valence-corrected chi connectivity index (χ2v) is 5.57. The van der Waals surface area contributed by atoms with E-state index in [1.165, 1.54) is 0 Å². The third-order valence-corrected chi connectivity index (χ3v) is 3.98. The zero-order valence-electron chi connectivity index (χ0n) is 12.9. The molecule has 2 heterocycles. The molecule has 0 aliphatic rings. The first-order valence-corrected chi connectivity index (χ1v) is 7.48. The number of benzene rings is 2. The van der Waals surface area contributed by atoms with Crippen molar-refractivity contribution in [3.8, 4) is 22.5 Å². The van der Waals surface area contributed by atoms with Crippen molar-refractivity contribution in [3.05, 3.63) is 75.4 Å². The van der Waals surface area contributed by atoms with Crippen LogP contribution in [0.5, 0.6) is 0 Å². The van der Waals surface area contributed by atoms with Crippen molar-refractivity contribution in [2.45, 2.75) is 0 Å². The summed E-state index contributed by atoms with van der Waals surface area (Å²) in [4.78, 5) is 28.2. The number of aryl methyl sites for hydroxylation is 1. The van der Waals surface area contributed by atoms with Crippen molar-refractivity contribution >= 4 is 10.9 Å². The van der Waals surface area contributed by atoms with Crippen molar-refractivity contribution < 1.29 is 0 Å². The first-order chi connectivity index (χ1) is 11.6. The van der Waals surface area contributed by atoms with E-state index in [9.17, 15) is 9.59 Å². The van der Waals surface area contributed by atoms with E-state index in [1.807, 2.05) is 49.5 Å². The standard InChI is InChI=1S/C18H14N4O2/c1-22-16(10-15(21-22)11-5-3-2-4-6-11)12-7-8-14-13(9-12)17(23)20-18(24)19-14/h2-10H,1H3,(H2,19,20,23,24). The highest BCUT2D eigenvalue weighted by molar-refractivity contribution is 5.83. The minimum atomic E-state index is -0.507. The number of aromatic nitrogens is 4. The second kappa shape index (κ2) is 5.34. The highest BCUT2D eigenvalue weighted by Crippen LogP contribution is 2.26. The predicted molar refractivity (Wildman–Crippen MR) is 92.8 cm³/mol. The Balaban J connectivity index is 1.88. The summed E-state index contributed by atoms with van der Waals surface area (Å²) in [6.07, 6.45) is 0. The molecule has 0 amide bonds. The van der Waals surface area contributed by atoms with Crippen molar-refractivity contribution in [2.24, 2.45) is 7.05 Å². The van der Waals surface area contributed by atoms with Gasteiger partial charge in [-0.25, -0.2) is 4.79 Å². The molecule has 118 valence electrons. The molecule has 6 nitrogen and oxygen atoms in total. The van der Waals surface area contributed by atoms with E-state index in [4.69, 9.17) is 0 Å². The zero-order valence-corrected chi connectivity index (χ0v) is 12.9. The van der Waals surface area contributed by atoms with Crippen LogP contribution >= 0.6 is 0 Å². The normalized spacial score (nSPS) is 11.0. The molecule has 0 bridgehead atoms. The van der Waals surface area contributed by atoms with Crippen molar-refractivity contribution in [1.82, 2.24) is 19.7 Å². The Bertz CT molecular complexity index is 1150. The lowest BCUT2D eigenvalue weighted by Gasteiger charge is -2.03. The number of hydrogen-bond acceptors (Lipinski definition) is 3. The van der Waals surface area contributed by atoms with Gasteiger partial charge < -0.3 is 4.98 Å². The molecule has 0 unspecified atom stereocenters. The van der Waals surface area contributed by atoms with E-state index in [-0.39, 0.29) is 0 Å². The fourth-order valence-corrected chi connectivity index (χ4v) is 2.81. The molecule has 0 atom stereocenters. The molecule has 0 saturated heterocycles. The first kappa shape index (κ1) is 14.2. The maximum absolute atomic E-state index is 12.0. The Morgan fingerprint density at radius 2 is 1.71 bits per heavy atom. The fraction of sp³-hybridized carbons (Fsp3) is 0.0556. The van der Waals surface area contributed by atoms with Crippen molar-refractivity contribution in [1.29, 1.82) is 0 Å². The molecule has 2 aromatic carbocycles. The highest BCUT2D eigenvalue weighted by atomic mass is 16.2. The van der Waals surface area contributed by atoms with E-state index in [0.29, 0.717) is 10.9 Å². The van der Waals surface area contributed by atoms with Crippen LogP contribution in [0.1, 0.15) is 0 Å². The molecule has 4 rings (SSSR count). The zero-order chi connectivity index (χ0) is 16.7. The average molecular weight is 318 g/mol. The van der Waals surface area contributed by atoms with Crippen LogP contribution in [0.25, 0.3) is 33.4 Å². The average Bonchev–Trinajstić information content (AvgIpc) is 2.97. The van der Waals surface area contributed by atoms with Crippen LogP contribution in [0.15, 0.2) is 64.2 Å². The van der Waals surface area contributed by atoms with Gasteiger partial charge in [0.2, 0.25) is 0 Å². The van der Waals surface area contributed by atoms with Gasteiger partial charge in [-0.05, 0) is 18.2 Å². The lowest BCUT2D eigenvalue weighted by Crippen LogP contribution is -2.21. The number of rotatable bonds is 2. The van der Waals surface area contributed by atoms with E-state index in [1.54, 1.807) is 16.8 Å². The summed E-state index contributed by atoms with van der Waals surface area (Å²) in [5, 5.41) is 4.99. The highest BCUT2D eigenvalue weighted by Gasteiger charge is 2.10. The van der Waals surface area contributed by atoms with Gasteiger partial charge in [0.1, 0.15) is 0 Å². The summed E-state index contributed by atoms with van der Waals surface area (Å²) in [7, 11) is 1.86. The van der Waals surface area contributed by atoms with Gasteiger partial charge in [-0.1, -0.05) is 36.4 Å². The third-order valence-electron chi connectivity index (χ3n) is 3.98. The SMILES string of the molecule is Cn1nc(-c2ccccc2)cc1-c1ccc2[nH]c(=O)[nH]c(=O)c2c1. The van der Waals surface area contributed by atoms with Crippen LogP contribution in [0.4, 0.5) is 0 Å². The van der Waals surface area contributed by atoms with E-state index < -0.39 is 11.2 Å². The van der Waals surface area contributed by atoms with Gasteiger partial charge >= 0.3 is 5.69 Å². The van der Waals surface area contributed by atoms with Gasteiger partial charge in [-0.3, -0.25) is 14.5 Å². The molecule has 0 spiro atoms. The summed E-state index contributed by atoms with van der Waals surface area (Å²) in [6, 6.07) is 17.2. The number of nitrogens with one attached hydrogen (secondary N) is 2. The summed E-state index contributed by atoms with van der Waals surface area (Å²) < 4.78 is 1.78. The van der Waals surface area contributed by atoms with Gasteiger partial charge in [-0.2, -0.15) is 5.10 Å². The molecule has 24 heavy (non-hydrogen) atoms. The van der Waals surface area contributed by atoms with Crippen molar-refractivity contribution in [2.75, 3.05) is 0 Å². The van der Waals surface area contributed by atoms with Gasteiger partial charge in [0.15, 0.2) is 0 Å². The molecule has 2 N–H and O–H groups in total. The van der Waals surface area contributed by atoms with E-state index in [2.05, 4.69) is 15.1 Å². The van der Waals surface area contributed by atoms with Gasteiger partial charge in [0, 0.05) is 18.2 Å². The Morgan fingerprint density at radius 3 is 2.50 bits per heavy atom. The van der Waals surface area contributed by atoms with Gasteiger partial charge in [-0.15, -0.1) is 0 Å². The lowest BCUT2D eigenvalue weighted by molar-refractivity contribution is 0.779. The van der Waals surface area contributed by atoms with Crippen LogP contribution in [-0.2, 0) is 7.05 Å². The molecule has 4 aromatic rings. The Morgan fingerprint density at radius 1 is 0.917 bits per heavy atom. The molecular weight excluding hydrogens is 304 g/mol. The number of nitrogens with zero attached hydrogens (tertiary/aromatic N) is 2. The minimum Gasteiger partial charge on any atom is -0.307 e. The largest absolute Gasteiger partial charge is 0.326 e. The minimum absolute atomic E-state index is 0.402. The summed E-state index contributed by atoms with van der Waals surface area (Å²) >= 11 is 0. The van der Waals surface area contributed by atoms with Crippen LogP contribution < -0.4 is 11.2 Å². The van der Waals surface area contributed by atoms with Crippen LogP contribution in [-0.4, -0.2) is 19.7 Å². The molecule has 0 aliphatic carbocycles. The predicted octanol–water partition coefficient (Wildman–Crippen LogP) is 2.28. The maximum Gasteiger partial charge on any atom is 0.326 e. The third kappa shape index (κ3) is 2.34. The van der Waals surface area contributed by atoms with Crippen LogP contribution in [0, 0.1) is 0 Å². The van der Waals surface area contributed by atoms with Gasteiger partial charge in [0.25, 0.3) is 5.56 Å². The molecule has 0 aliphatic heterocycles. The topological polar surface area (TPSA) is 83.5 Å². The van der Waals surface area contributed by atoms with Crippen LogP contribution in [0.3, 0.4) is 0 Å². The Hall–Kier alpha value is -3.41. The van der Waals surface area contributed by atoms with Crippen molar-refractivity contribution in [3.63, 3.8) is 0 Å². The summed E-state index contributed by atoms with van der Waals surface area (Å²) in [6.45, 7) is 0. The summed E-state index contributed by atoms with van der Waals surface area (Å²) in [5.41, 5.74) is 3.25. The number of aromatic amines is 2. The van der Waals surface area contributed by atoms with E-state index >= 15 is 0 Å². The van der Waals surface area contributed by atoms with E-state index in [0.717, 1.165) is 22.5 Å². The monoisotopic (exact) mass is 318 g/mol. The molecular formula is C18H14N4O2.